The molecule has 0 bridgehead atoms. The van der Waals surface area contributed by atoms with E-state index in [0.717, 1.165) is 26.8 Å². The van der Waals surface area contributed by atoms with Gasteiger partial charge < -0.3 is 5.11 Å². The smallest absolute Gasteiger partial charge is 0.0787 e. The summed E-state index contributed by atoms with van der Waals surface area (Å²) in [4.78, 5) is 2.26. The first-order chi connectivity index (χ1) is 8.69. The van der Waals surface area contributed by atoms with Crippen LogP contribution in [0, 0.1) is 0 Å². The van der Waals surface area contributed by atoms with Crippen LogP contribution >= 0.6 is 23.4 Å². The molecule has 0 spiro atoms. The molecule has 2 aromatic rings. The molecule has 0 saturated carbocycles. The number of hydrogen-bond acceptors (Lipinski definition) is 2. The van der Waals surface area contributed by atoms with Crippen molar-refractivity contribution in [1.29, 1.82) is 0 Å². The number of halogens is 1. The fraction of sp³-hybridized carbons (Fsp3) is 0.200. The van der Waals surface area contributed by atoms with E-state index in [0.29, 0.717) is 0 Å². The zero-order valence-electron chi connectivity index (χ0n) is 10.1. The standard InChI is InChI=1S/C15H15ClOS/c1-2-15(17)11-6-8-13(9-7-11)18-14-5-3-4-12(16)10-14/h3-10,15,17H,2H2,1H3/t15-/m0/s1. The van der Waals surface area contributed by atoms with Crippen LogP contribution in [0.4, 0.5) is 0 Å². The third-order valence-corrected chi connectivity index (χ3v) is 3.92. The molecule has 0 aliphatic heterocycles. The fourth-order valence-electron chi connectivity index (χ4n) is 1.66. The van der Waals surface area contributed by atoms with E-state index < -0.39 is 0 Å². The van der Waals surface area contributed by atoms with Crippen molar-refractivity contribution >= 4 is 23.4 Å². The molecule has 1 atom stereocenters. The van der Waals surface area contributed by atoms with Gasteiger partial charge in [-0.15, -0.1) is 0 Å². The molecule has 1 N–H and O–H groups in total. The van der Waals surface area contributed by atoms with Crippen molar-refractivity contribution < 1.29 is 5.11 Å². The Kier molecular flexibility index (Phi) is 4.70. The van der Waals surface area contributed by atoms with Crippen molar-refractivity contribution in [2.45, 2.75) is 29.2 Å². The molecule has 18 heavy (non-hydrogen) atoms. The van der Waals surface area contributed by atoms with Crippen LogP contribution in [0.5, 0.6) is 0 Å². The maximum Gasteiger partial charge on any atom is 0.0787 e. The molecular formula is C15H15ClOS. The molecule has 0 heterocycles. The highest BCUT2D eigenvalue weighted by atomic mass is 35.5. The molecule has 0 saturated heterocycles. The largest absolute Gasteiger partial charge is 0.388 e. The van der Waals surface area contributed by atoms with Gasteiger partial charge in [-0.2, -0.15) is 0 Å². The fourth-order valence-corrected chi connectivity index (χ4v) is 2.79. The van der Waals surface area contributed by atoms with Crippen molar-refractivity contribution in [3.63, 3.8) is 0 Å². The van der Waals surface area contributed by atoms with Gasteiger partial charge in [0.25, 0.3) is 0 Å². The lowest BCUT2D eigenvalue weighted by Crippen LogP contribution is -1.93. The highest BCUT2D eigenvalue weighted by molar-refractivity contribution is 7.99. The van der Waals surface area contributed by atoms with Crippen LogP contribution in [0.15, 0.2) is 58.3 Å². The quantitative estimate of drug-likeness (QED) is 0.855. The van der Waals surface area contributed by atoms with Gasteiger partial charge in [0.15, 0.2) is 0 Å². The van der Waals surface area contributed by atoms with Crippen LogP contribution in [0.1, 0.15) is 25.0 Å². The third kappa shape index (κ3) is 3.52. The van der Waals surface area contributed by atoms with Gasteiger partial charge in [-0.3, -0.25) is 0 Å². The summed E-state index contributed by atoms with van der Waals surface area (Å²) in [5, 5.41) is 10.5. The van der Waals surface area contributed by atoms with E-state index in [-0.39, 0.29) is 6.10 Å². The first-order valence-electron chi connectivity index (χ1n) is 5.90. The van der Waals surface area contributed by atoms with E-state index in [9.17, 15) is 5.11 Å². The Morgan fingerprint density at radius 2 is 1.83 bits per heavy atom. The van der Waals surface area contributed by atoms with E-state index in [1.807, 2.05) is 55.5 Å². The molecule has 0 radical (unpaired) electrons. The minimum Gasteiger partial charge on any atom is -0.388 e. The van der Waals surface area contributed by atoms with E-state index in [1.165, 1.54) is 0 Å². The van der Waals surface area contributed by atoms with E-state index >= 15 is 0 Å². The molecule has 0 aliphatic rings. The average molecular weight is 279 g/mol. The average Bonchev–Trinajstić information content (AvgIpc) is 2.39. The van der Waals surface area contributed by atoms with Crippen LogP contribution in [0.25, 0.3) is 0 Å². The Hall–Kier alpha value is -0.960. The molecular weight excluding hydrogens is 264 g/mol. The molecule has 3 heteroatoms. The number of hydrogen-bond donors (Lipinski definition) is 1. The minimum atomic E-state index is -0.366. The molecule has 1 nitrogen and oxygen atoms in total. The molecule has 0 aromatic heterocycles. The van der Waals surface area contributed by atoms with Crippen LogP contribution in [0.2, 0.25) is 5.02 Å². The topological polar surface area (TPSA) is 20.2 Å². The number of aliphatic hydroxyl groups is 1. The summed E-state index contributed by atoms with van der Waals surface area (Å²) < 4.78 is 0. The van der Waals surface area contributed by atoms with Crippen LogP contribution in [0.3, 0.4) is 0 Å². The highest BCUT2D eigenvalue weighted by Gasteiger charge is 2.04. The monoisotopic (exact) mass is 278 g/mol. The second-order valence-corrected chi connectivity index (χ2v) is 5.64. The minimum absolute atomic E-state index is 0.366. The van der Waals surface area contributed by atoms with Crippen molar-refractivity contribution in [1.82, 2.24) is 0 Å². The van der Waals surface area contributed by atoms with E-state index in [4.69, 9.17) is 11.6 Å². The zero-order valence-corrected chi connectivity index (χ0v) is 11.7. The van der Waals surface area contributed by atoms with Crippen LogP contribution in [-0.2, 0) is 0 Å². The molecule has 0 fully saturated rings. The molecule has 0 amide bonds. The zero-order chi connectivity index (χ0) is 13.0. The Bertz CT molecular complexity index is 510. The predicted octanol–water partition coefficient (Wildman–Crippen LogP) is 4.93. The van der Waals surface area contributed by atoms with Crippen molar-refractivity contribution in [2.24, 2.45) is 0 Å². The third-order valence-electron chi connectivity index (χ3n) is 2.68. The second-order valence-electron chi connectivity index (χ2n) is 4.05. The van der Waals surface area contributed by atoms with E-state index in [2.05, 4.69) is 0 Å². The molecule has 2 aromatic carbocycles. The normalized spacial score (nSPS) is 12.4. The molecule has 94 valence electrons. The Balaban J connectivity index is 2.11. The second kappa shape index (κ2) is 6.28. The van der Waals surface area contributed by atoms with Gasteiger partial charge in [-0.05, 0) is 42.3 Å². The SMILES string of the molecule is CC[C@H](O)c1ccc(Sc2cccc(Cl)c2)cc1. The van der Waals surface area contributed by atoms with Crippen LogP contribution < -0.4 is 0 Å². The van der Waals surface area contributed by atoms with Gasteiger partial charge in [-0.25, -0.2) is 0 Å². The Morgan fingerprint density at radius 3 is 2.44 bits per heavy atom. The van der Waals surface area contributed by atoms with Gasteiger partial charge in [0.1, 0.15) is 0 Å². The summed E-state index contributed by atoms with van der Waals surface area (Å²) in [6.07, 6.45) is 0.371. The lowest BCUT2D eigenvalue weighted by atomic mass is 10.1. The first-order valence-corrected chi connectivity index (χ1v) is 7.10. The van der Waals surface area contributed by atoms with Crippen LogP contribution in [-0.4, -0.2) is 5.11 Å². The van der Waals surface area contributed by atoms with E-state index in [1.54, 1.807) is 11.8 Å². The van der Waals surface area contributed by atoms with Gasteiger partial charge in [0, 0.05) is 14.8 Å². The van der Waals surface area contributed by atoms with Crippen molar-refractivity contribution in [3.8, 4) is 0 Å². The highest BCUT2D eigenvalue weighted by Crippen LogP contribution is 2.30. The van der Waals surface area contributed by atoms with Gasteiger partial charge in [0.05, 0.1) is 6.10 Å². The Labute approximate surface area is 117 Å². The predicted molar refractivity (Wildman–Crippen MR) is 77.3 cm³/mol. The molecule has 0 unspecified atom stereocenters. The van der Waals surface area contributed by atoms with Gasteiger partial charge in [-0.1, -0.05) is 48.5 Å². The maximum absolute atomic E-state index is 9.72. The summed E-state index contributed by atoms with van der Waals surface area (Å²) in [7, 11) is 0. The van der Waals surface area contributed by atoms with Crippen molar-refractivity contribution in [2.75, 3.05) is 0 Å². The summed E-state index contributed by atoms with van der Waals surface area (Å²) >= 11 is 7.61. The summed E-state index contributed by atoms with van der Waals surface area (Å²) in [6.45, 7) is 1.97. The van der Waals surface area contributed by atoms with Gasteiger partial charge >= 0.3 is 0 Å². The lowest BCUT2D eigenvalue weighted by molar-refractivity contribution is 0.173. The van der Waals surface area contributed by atoms with Crippen molar-refractivity contribution in [3.05, 3.63) is 59.1 Å². The molecule has 2 rings (SSSR count). The lowest BCUT2D eigenvalue weighted by Gasteiger charge is -2.08. The maximum atomic E-state index is 9.72. The van der Waals surface area contributed by atoms with Gasteiger partial charge in [0.2, 0.25) is 0 Å². The summed E-state index contributed by atoms with van der Waals surface area (Å²) in [5.74, 6) is 0. The summed E-state index contributed by atoms with van der Waals surface area (Å²) in [5.41, 5.74) is 0.966. The number of rotatable bonds is 4. The Morgan fingerprint density at radius 1 is 1.11 bits per heavy atom. The first kappa shape index (κ1) is 13.5. The number of aliphatic hydroxyl groups excluding tert-OH is 1. The molecule has 0 aliphatic carbocycles. The summed E-state index contributed by atoms with van der Waals surface area (Å²) in [6, 6.07) is 15.8. The number of benzene rings is 2.